The molecule has 1 aromatic heterocycles. The Bertz CT molecular complexity index is 1210. The number of thioether (sulfide) groups is 1. The van der Waals surface area contributed by atoms with E-state index < -0.39 is 10.8 Å². The van der Waals surface area contributed by atoms with Gasteiger partial charge in [-0.2, -0.15) is 0 Å². The van der Waals surface area contributed by atoms with Crippen LogP contribution in [0.15, 0.2) is 52.4 Å². The van der Waals surface area contributed by atoms with Gasteiger partial charge in [-0.15, -0.1) is 10.2 Å². The van der Waals surface area contributed by atoms with E-state index in [1.165, 1.54) is 0 Å². The SMILES string of the molecule is CCC(=O)Nc1ccccc1-c1nnc(SC(C)C(=O)Nc2cc(Cl)ccc2C)[nH]c1=O. The van der Waals surface area contributed by atoms with E-state index in [9.17, 15) is 14.4 Å². The fourth-order valence-corrected chi connectivity index (χ4v) is 3.69. The molecular formula is C22H22ClN5O3S. The van der Waals surface area contributed by atoms with Gasteiger partial charge in [0.2, 0.25) is 11.8 Å². The number of anilines is 2. The van der Waals surface area contributed by atoms with E-state index in [1.54, 1.807) is 50.2 Å². The van der Waals surface area contributed by atoms with Crippen molar-refractivity contribution in [3.63, 3.8) is 0 Å². The first kappa shape index (κ1) is 23.5. The summed E-state index contributed by atoms with van der Waals surface area (Å²) in [6.07, 6.45) is 0.306. The lowest BCUT2D eigenvalue weighted by atomic mass is 10.1. The number of amides is 2. The highest BCUT2D eigenvalue weighted by Crippen LogP contribution is 2.26. The minimum Gasteiger partial charge on any atom is -0.325 e. The molecule has 0 spiro atoms. The van der Waals surface area contributed by atoms with Crippen molar-refractivity contribution in [2.45, 2.75) is 37.6 Å². The van der Waals surface area contributed by atoms with Crippen LogP contribution in [0, 0.1) is 6.92 Å². The van der Waals surface area contributed by atoms with Crippen molar-refractivity contribution in [2.75, 3.05) is 10.6 Å². The summed E-state index contributed by atoms with van der Waals surface area (Å²) in [5, 5.41) is 13.9. The molecule has 32 heavy (non-hydrogen) atoms. The van der Waals surface area contributed by atoms with E-state index in [4.69, 9.17) is 11.6 Å². The molecule has 0 aliphatic heterocycles. The third-order valence-electron chi connectivity index (χ3n) is 4.57. The summed E-state index contributed by atoms with van der Waals surface area (Å²) >= 11 is 7.08. The number of carbonyl (C=O) groups is 2. The Morgan fingerprint density at radius 1 is 1.12 bits per heavy atom. The van der Waals surface area contributed by atoms with Crippen LogP contribution >= 0.6 is 23.4 Å². The van der Waals surface area contributed by atoms with Gasteiger partial charge in [-0.25, -0.2) is 0 Å². The maximum Gasteiger partial charge on any atom is 0.278 e. The lowest BCUT2D eigenvalue weighted by molar-refractivity contribution is -0.116. The Kier molecular flexibility index (Phi) is 7.66. The lowest BCUT2D eigenvalue weighted by Crippen LogP contribution is -2.24. The van der Waals surface area contributed by atoms with E-state index >= 15 is 0 Å². The molecule has 1 heterocycles. The Labute approximate surface area is 194 Å². The molecule has 8 nitrogen and oxygen atoms in total. The fourth-order valence-electron chi connectivity index (χ4n) is 2.77. The Morgan fingerprint density at radius 3 is 2.59 bits per heavy atom. The number of aromatic amines is 1. The maximum absolute atomic E-state index is 12.7. The molecule has 3 N–H and O–H groups in total. The zero-order valence-corrected chi connectivity index (χ0v) is 19.3. The van der Waals surface area contributed by atoms with E-state index in [2.05, 4.69) is 25.8 Å². The first-order valence-electron chi connectivity index (χ1n) is 9.88. The van der Waals surface area contributed by atoms with Crippen LogP contribution in [0.1, 0.15) is 25.8 Å². The second-order valence-electron chi connectivity index (χ2n) is 6.96. The van der Waals surface area contributed by atoms with E-state index in [0.717, 1.165) is 17.3 Å². The average Bonchev–Trinajstić information content (AvgIpc) is 2.77. The zero-order chi connectivity index (χ0) is 23.3. The molecule has 0 saturated carbocycles. The summed E-state index contributed by atoms with van der Waals surface area (Å²) in [5.74, 6) is -0.441. The van der Waals surface area contributed by atoms with Crippen molar-refractivity contribution in [1.29, 1.82) is 0 Å². The molecule has 3 rings (SSSR count). The van der Waals surface area contributed by atoms with Gasteiger partial charge in [0.1, 0.15) is 0 Å². The van der Waals surface area contributed by atoms with Gasteiger partial charge in [-0.3, -0.25) is 19.4 Å². The van der Waals surface area contributed by atoms with Crippen molar-refractivity contribution in [2.24, 2.45) is 0 Å². The van der Waals surface area contributed by atoms with Crippen molar-refractivity contribution in [3.05, 3.63) is 63.4 Å². The normalized spacial score (nSPS) is 11.6. The van der Waals surface area contributed by atoms with Gasteiger partial charge in [0.05, 0.1) is 10.9 Å². The summed E-state index contributed by atoms with van der Waals surface area (Å²) in [5.41, 5.74) is 2.04. The maximum atomic E-state index is 12.7. The summed E-state index contributed by atoms with van der Waals surface area (Å²) < 4.78 is 0. The van der Waals surface area contributed by atoms with Crippen LogP contribution in [0.25, 0.3) is 11.3 Å². The van der Waals surface area contributed by atoms with Crippen LogP contribution < -0.4 is 16.2 Å². The number of benzene rings is 2. The van der Waals surface area contributed by atoms with Crippen molar-refractivity contribution < 1.29 is 9.59 Å². The molecule has 0 radical (unpaired) electrons. The van der Waals surface area contributed by atoms with Crippen LogP contribution in [-0.2, 0) is 9.59 Å². The standard InChI is InChI=1S/C22H22ClN5O3S/c1-4-18(29)24-16-8-6-5-7-15(16)19-21(31)26-22(28-27-19)32-13(3)20(30)25-17-11-14(23)10-9-12(17)2/h5-11,13H,4H2,1-3H3,(H,24,29)(H,25,30)(H,26,28,31). The van der Waals surface area contributed by atoms with Gasteiger partial charge in [-0.05, 0) is 37.6 Å². The molecule has 166 valence electrons. The quantitative estimate of drug-likeness (QED) is 0.443. The number of halogens is 1. The van der Waals surface area contributed by atoms with Gasteiger partial charge >= 0.3 is 0 Å². The molecule has 2 amide bonds. The molecular weight excluding hydrogens is 450 g/mol. The highest BCUT2D eigenvalue weighted by atomic mass is 35.5. The number of nitrogens with one attached hydrogen (secondary N) is 3. The van der Waals surface area contributed by atoms with Crippen molar-refractivity contribution in [1.82, 2.24) is 15.2 Å². The number of carbonyl (C=O) groups excluding carboxylic acids is 2. The largest absolute Gasteiger partial charge is 0.325 e. The second-order valence-corrected chi connectivity index (χ2v) is 8.73. The minimum absolute atomic E-state index is 0.0769. The molecule has 0 aliphatic carbocycles. The van der Waals surface area contributed by atoms with Crippen molar-refractivity contribution in [3.8, 4) is 11.3 Å². The number of aryl methyl sites for hydroxylation is 1. The highest BCUT2D eigenvalue weighted by molar-refractivity contribution is 8.00. The van der Waals surface area contributed by atoms with Gasteiger partial charge in [-0.1, -0.05) is 54.6 Å². The molecule has 0 fully saturated rings. The molecule has 1 unspecified atom stereocenters. The van der Waals surface area contributed by atoms with Gasteiger partial charge in [0.25, 0.3) is 5.56 Å². The third-order valence-corrected chi connectivity index (χ3v) is 5.78. The predicted molar refractivity (Wildman–Crippen MR) is 127 cm³/mol. The van der Waals surface area contributed by atoms with Crippen LogP contribution in [0.3, 0.4) is 0 Å². The third kappa shape index (κ3) is 5.74. The molecule has 2 aromatic carbocycles. The van der Waals surface area contributed by atoms with Crippen LogP contribution in [0.4, 0.5) is 11.4 Å². The Morgan fingerprint density at radius 2 is 1.88 bits per heavy atom. The molecule has 0 bridgehead atoms. The number of nitrogens with zero attached hydrogens (tertiary/aromatic N) is 2. The number of hydrogen-bond donors (Lipinski definition) is 3. The van der Waals surface area contributed by atoms with Crippen LogP contribution in [-0.4, -0.2) is 32.2 Å². The van der Waals surface area contributed by atoms with E-state index in [0.29, 0.717) is 28.4 Å². The first-order valence-corrected chi connectivity index (χ1v) is 11.1. The number of rotatable bonds is 7. The number of aromatic nitrogens is 3. The monoisotopic (exact) mass is 471 g/mol. The first-order chi connectivity index (χ1) is 15.3. The van der Waals surface area contributed by atoms with Gasteiger partial charge in [0.15, 0.2) is 10.9 Å². The summed E-state index contributed by atoms with van der Waals surface area (Å²) in [6.45, 7) is 5.30. The number of para-hydroxylation sites is 1. The fraction of sp³-hybridized carbons (Fsp3) is 0.227. The van der Waals surface area contributed by atoms with Crippen LogP contribution in [0.2, 0.25) is 5.02 Å². The topological polar surface area (TPSA) is 117 Å². The predicted octanol–water partition coefficient (Wildman–Crippen LogP) is 4.26. The van der Waals surface area contributed by atoms with Gasteiger partial charge < -0.3 is 10.6 Å². The molecule has 10 heteroatoms. The number of hydrogen-bond acceptors (Lipinski definition) is 6. The van der Waals surface area contributed by atoms with Crippen LogP contribution in [0.5, 0.6) is 0 Å². The Hall–Kier alpha value is -3.17. The highest BCUT2D eigenvalue weighted by Gasteiger charge is 2.19. The summed E-state index contributed by atoms with van der Waals surface area (Å²) in [7, 11) is 0. The lowest BCUT2D eigenvalue weighted by Gasteiger charge is -2.13. The van der Waals surface area contributed by atoms with E-state index in [-0.39, 0.29) is 22.7 Å². The minimum atomic E-state index is -0.555. The smallest absolute Gasteiger partial charge is 0.278 e. The summed E-state index contributed by atoms with van der Waals surface area (Å²) in [4.78, 5) is 39.7. The number of H-pyrrole nitrogens is 1. The molecule has 0 saturated heterocycles. The second kappa shape index (κ2) is 10.4. The van der Waals surface area contributed by atoms with E-state index in [1.807, 2.05) is 13.0 Å². The Balaban J connectivity index is 1.76. The molecule has 3 aromatic rings. The summed E-state index contributed by atoms with van der Waals surface area (Å²) in [6, 6.07) is 12.1. The molecule has 0 aliphatic rings. The van der Waals surface area contributed by atoms with Crippen molar-refractivity contribution >= 4 is 46.6 Å². The zero-order valence-electron chi connectivity index (χ0n) is 17.7. The molecule has 1 atom stereocenters. The van der Waals surface area contributed by atoms with Gasteiger partial charge in [0, 0.05) is 22.7 Å². The average molecular weight is 472 g/mol.